The van der Waals surface area contributed by atoms with Crippen LogP contribution in [-0.4, -0.2) is 12.6 Å². The molecule has 19 heavy (non-hydrogen) atoms. The van der Waals surface area contributed by atoms with Crippen LogP contribution in [0.5, 0.6) is 0 Å². The molecule has 1 N–H and O–H groups in total. The van der Waals surface area contributed by atoms with Crippen molar-refractivity contribution in [3.05, 3.63) is 35.4 Å². The lowest BCUT2D eigenvalue weighted by atomic mass is 9.92. The Hall–Kier alpha value is -1.03. The fourth-order valence-electron chi connectivity index (χ4n) is 2.35. The zero-order valence-corrected chi connectivity index (χ0v) is 11.7. The maximum Gasteiger partial charge on any atom is 0.416 e. The van der Waals surface area contributed by atoms with E-state index in [1.807, 2.05) is 0 Å². The van der Waals surface area contributed by atoms with Crippen LogP contribution in [0.1, 0.15) is 38.3 Å². The highest BCUT2D eigenvalue weighted by Gasteiger charge is 2.30. The van der Waals surface area contributed by atoms with Gasteiger partial charge < -0.3 is 5.32 Å². The van der Waals surface area contributed by atoms with Crippen molar-refractivity contribution in [1.82, 2.24) is 5.32 Å². The second kappa shape index (κ2) is 6.94. The maximum absolute atomic E-state index is 12.5. The fraction of sp³-hybridized carbons (Fsp3) is 0.600. The van der Waals surface area contributed by atoms with Gasteiger partial charge in [-0.1, -0.05) is 32.9 Å². The summed E-state index contributed by atoms with van der Waals surface area (Å²) in [6.07, 6.45) is -2.43. The van der Waals surface area contributed by atoms with E-state index in [0.717, 1.165) is 37.1 Å². The highest BCUT2D eigenvalue weighted by atomic mass is 19.4. The largest absolute Gasteiger partial charge is 0.416 e. The van der Waals surface area contributed by atoms with Crippen LogP contribution in [0.4, 0.5) is 13.2 Å². The minimum atomic E-state index is -4.25. The van der Waals surface area contributed by atoms with E-state index >= 15 is 0 Å². The second-order valence-electron chi connectivity index (χ2n) is 4.95. The number of nitrogens with one attached hydrogen (secondary N) is 1. The molecular formula is C15H22F3N. The molecule has 1 nitrogen and oxygen atoms in total. The maximum atomic E-state index is 12.5. The van der Waals surface area contributed by atoms with Gasteiger partial charge in [-0.05, 0) is 43.0 Å². The number of alkyl halides is 3. The smallest absolute Gasteiger partial charge is 0.314 e. The lowest BCUT2D eigenvalue weighted by molar-refractivity contribution is -0.137. The van der Waals surface area contributed by atoms with Crippen LogP contribution in [0.25, 0.3) is 0 Å². The van der Waals surface area contributed by atoms with Gasteiger partial charge in [-0.15, -0.1) is 0 Å². The van der Waals surface area contributed by atoms with Gasteiger partial charge in [0.15, 0.2) is 0 Å². The molecule has 0 heterocycles. The molecule has 0 aliphatic rings. The predicted octanol–water partition coefficient (Wildman–Crippen LogP) is 4.27. The first kappa shape index (κ1) is 16.0. The van der Waals surface area contributed by atoms with Crippen molar-refractivity contribution in [2.75, 3.05) is 6.54 Å². The molecule has 2 atom stereocenters. The first-order valence-electron chi connectivity index (χ1n) is 6.78. The van der Waals surface area contributed by atoms with Crippen LogP contribution >= 0.6 is 0 Å². The molecule has 2 unspecified atom stereocenters. The Labute approximate surface area is 113 Å². The normalized spacial score (nSPS) is 15.3. The molecule has 0 spiro atoms. The zero-order valence-electron chi connectivity index (χ0n) is 11.7. The molecule has 0 bridgehead atoms. The molecule has 0 aromatic heterocycles. The highest BCUT2D eigenvalue weighted by Crippen LogP contribution is 2.29. The molecule has 0 aliphatic heterocycles. The number of halogens is 3. The van der Waals surface area contributed by atoms with Gasteiger partial charge in [-0.25, -0.2) is 0 Å². The van der Waals surface area contributed by atoms with Gasteiger partial charge in [0, 0.05) is 6.04 Å². The number of hydrogen-bond donors (Lipinski definition) is 1. The van der Waals surface area contributed by atoms with E-state index in [1.54, 1.807) is 12.1 Å². The summed E-state index contributed by atoms with van der Waals surface area (Å²) in [5.41, 5.74) is 0.375. The number of rotatable bonds is 6. The Balaban J connectivity index is 2.67. The van der Waals surface area contributed by atoms with Gasteiger partial charge in [0.1, 0.15) is 0 Å². The monoisotopic (exact) mass is 273 g/mol. The van der Waals surface area contributed by atoms with Crippen molar-refractivity contribution < 1.29 is 13.2 Å². The van der Waals surface area contributed by atoms with Crippen LogP contribution in [-0.2, 0) is 12.6 Å². The van der Waals surface area contributed by atoms with E-state index < -0.39 is 11.7 Å². The first-order valence-corrected chi connectivity index (χ1v) is 6.78. The molecule has 0 amide bonds. The summed E-state index contributed by atoms with van der Waals surface area (Å²) in [7, 11) is 0. The molecule has 0 radical (unpaired) electrons. The van der Waals surface area contributed by atoms with Gasteiger partial charge in [-0.3, -0.25) is 0 Å². The molecule has 1 aromatic rings. The number of hydrogen-bond acceptors (Lipinski definition) is 1. The molecule has 4 heteroatoms. The van der Waals surface area contributed by atoms with E-state index in [9.17, 15) is 13.2 Å². The van der Waals surface area contributed by atoms with Crippen LogP contribution in [0, 0.1) is 5.92 Å². The van der Waals surface area contributed by atoms with Crippen molar-refractivity contribution >= 4 is 0 Å². The SMILES string of the molecule is CCNC(CC)C(C)Cc1ccc(C(F)(F)F)cc1. The summed E-state index contributed by atoms with van der Waals surface area (Å²) < 4.78 is 37.4. The summed E-state index contributed by atoms with van der Waals surface area (Å²) in [4.78, 5) is 0. The van der Waals surface area contributed by atoms with Crippen LogP contribution in [0.3, 0.4) is 0 Å². The van der Waals surface area contributed by atoms with E-state index in [0.29, 0.717) is 12.0 Å². The topological polar surface area (TPSA) is 12.0 Å². The summed E-state index contributed by atoms with van der Waals surface area (Å²) in [5.74, 6) is 0.404. The van der Waals surface area contributed by atoms with E-state index in [2.05, 4.69) is 26.1 Å². The summed E-state index contributed by atoms with van der Waals surface area (Å²) >= 11 is 0. The summed E-state index contributed by atoms with van der Waals surface area (Å²) in [6, 6.07) is 5.90. The lowest BCUT2D eigenvalue weighted by Gasteiger charge is -2.23. The van der Waals surface area contributed by atoms with Crippen LogP contribution in [0.15, 0.2) is 24.3 Å². The third-order valence-electron chi connectivity index (χ3n) is 3.43. The molecule has 0 fully saturated rings. The molecule has 1 aromatic carbocycles. The van der Waals surface area contributed by atoms with Crippen LogP contribution in [0.2, 0.25) is 0 Å². The Morgan fingerprint density at radius 2 is 1.68 bits per heavy atom. The van der Waals surface area contributed by atoms with Crippen molar-refractivity contribution in [1.29, 1.82) is 0 Å². The molecule has 108 valence electrons. The Kier molecular flexibility index (Phi) is 5.85. The average Bonchev–Trinajstić information content (AvgIpc) is 2.35. The van der Waals surface area contributed by atoms with E-state index in [1.165, 1.54) is 0 Å². The molecular weight excluding hydrogens is 251 g/mol. The summed E-state index contributed by atoms with van der Waals surface area (Å²) in [5, 5.41) is 3.41. The lowest BCUT2D eigenvalue weighted by Crippen LogP contribution is -2.35. The molecule has 0 saturated carbocycles. The standard InChI is InChI=1S/C15H22F3N/c1-4-14(19-5-2)11(3)10-12-6-8-13(9-7-12)15(16,17)18/h6-9,11,14,19H,4-5,10H2,1-3H3. The van der Waals surface area contributed by atoms with Gasteiger partial charge in [-0.2, -0.15) is 13.2 Å². The van der Waals surface area contributed by atoms with Crippen molar-refractivity contribution in [3.8, 4) is 0 Å². The quantitative estimate of drug-likeness (QED) is 0.816. The van der Waals surface area contributed by atoms with E-state index in [-0.39, 0.29) is 0 Å². The van der Waals surface area contributed by atoms with Crippen molar-refractivity contribution in [2.24, 2.45) is 5.92 Å². The summed E-state index contributed by atoms with van der Waals surface area (Å²) in [6.45, 7) is 7.23. The second-order valence-corrected chi connectivity index (χ2v) is 4.95. The molecule has 0 aliphatic carbocycles. The van der Waals surface area contributed by atoms with Crippen LogP contribution < -0.4 is 5.32 Å². The van der Waals surface area contributed by atoms with Crippen molar-refractivity contribution in [2.45, 2.75) is 45.8 Å². The molecule has 0 saturated heterocycles. The van der Waals surface area contributed by atoms with Gasteiger partial charge in [0.25, 0.3) is 0 Å². The Morgan fingerprint density at radius 1 is 1.11 bits per heavy atom. The first-order chi connectivity index (χ1) is 8.88. The fourth-order valence-corrected chi connectivity index (χ4v) is 2.35. The minimum absolute atomic E-state index is 0.404. The van der Waals surface area contributed by atoms with Gasteiger partial charge >= 0.3 is 6.18 Å². The average molecular weight is 273 g/mol. The zero-order chi connectivity index (χ0) is 14.5. The molecule has 1 rings (SSSR count). The minimum Gasteiger partial charge on any atom is -0.314 e. The highest BCUT2D eigenvalue weighted by molar-refractivity contribution is 5.25. The van der Waals surface area contributed by atoms with E-state index in [4.69, 9.17) is 0 Å². The van der Waals surface area contributed by atoms with Crippen molar-refractivity contribution in [3.63, 3.8) is 0 Å². The Bertz CT molecular complexity index is 370. The Morgan fingerprint density at radius 3 is 2.11 bits per heavy atom. The van der Waals surface area contributed by atoms with Gasteiger partial charge in [0.2, 0.25) is 0 Å². The third kappa shape index (κ3) is 4.86. The predicted molar refractivity (Wildman–Crippen MR) is 72.1 cm³/mol. The number of benzene rings is 1. The van der Waals surface area contributed by atoms with Gasteiger partial charge in [0.05, 0.1) is 5.56 Å². The third-order valence-corrected chi connectivity index (χ3v) is 3.43.